The molecule has 0 atom stereocenters. The van der Waals surface area contributed by atoms with Gasteiger partial charge < -0.3 is 9.84 Å². The lowest BCUT2D eigenvalue weighted by molar-refractivity contribution is -0.138. The van der Waals surface area contributed by atoms with Crippen LogP contribution in [-0.4, -0.2) is 24.3 Å². The number of allylic oxidation sites excluding steroid dienone is 4. The molecule has 78 valence electrons. The number of carboxylic acid groups (broad SMARTS) is 1. The molecule has 0 aliphatic heterocycles. The van der Waals surface area contributed by atoms with Gasteiger partial charge in [-0.05, 0) is 12.5 Å². The Balaban J connectivity index is 3.57. The zero-order valence-electron chi connectivity index (χ0n) is 8.40. The van der Waals surface area contributed by atoms with E-state index in [-0.39, 0.29) is 13.0 Å². The fraction of sp³-hybridized carbons (Fsp3) is 0.364. The fourth-order valence-corrected chi connectivity index (χ4v) is 0.739. The Morgan fingerprint density at radius 2 is 2.21 bits per heavy atom. The Labute approximate surface area is 84.4 Å². The van der Waals surface area contributed by atoms with Gasteiger partial charge in [0.2, 0.25) is 0 Å². The fourth-order valence-electron chi connectivity index (χ4n) is 0.739. The molecule has 0 unspecified atom stereocenters. The molecule has 0 fully saturated rings. The molecule has 3 heteroatoms. The van der Waals surface area contributed by atoms with Gasteiger partial charge in [-0.1, -0.05) is 30.9 Å². The summed E-state index contributed by atoms with van der Waals surface area (Å²) in [5, 5.41) is 8.34. The normalized spacial score (nSPS) is 11.9. The van der Waals surface area contributed by atoms with Crippen LogP contribution in [0.4, 0.5) is 0 Å². The maximum Gasteiger partial charge on any atom is 0.305 e. The SMILES string of the molecule is C=C/C=C\C=C(\C)COCCC(=O)O. The van der Waals surface area contributed by atoms with E-state index in [1.807, 2.05) is 25.2 Å². The summed E-state index contributed by atoms with van der Waals surface area (Å²) in [5.41, 5.74) is 1.05. The van der Waals surface area contributed by atoms with E-state index in [0.717, 1.165) is 5.57 Å². The van der Waals surface area contributed by atoms with Crippen LogP contribution in [0.15, 0.2) is 36.5 Å². The van der Waals surface area contributed by atoms with Crippen molar-refractivity contribution in [2.45, 2.75) is 13.3 Å². The number of aliphatic carboxylic acids is 1. The molecule has 0 saturated heterocycles. The first-order valence-corrected chi connectivity index (χ1v) is 4.41. The van der Waals surface area contributed by atoms with Gasteiger partial charge >= 0.3 is 5.97 Å². The van der Waals surface area contributed by atoms with E-state index in [2.05, 4.69) is 6.58 Å². The van der Waals surface area contributed by atoms with E-state index in [1.54, 1.807) is 6.08 Å². The molecule has 3 nitrogen and oxygen atoms in total. The van der Waals surface area contributed by atoms with E-state index in [9.17, 15) is 4.79 Å². The molecule has 0 aliphatic rings. The Kier molecular flexibility index (Phi) is 7.46. The number of ether oxygens (including phenoxy) is 1. The number of hydrogen-bond donors (Lipinski definition) is 1. The molecule has 0 amide bonds. The molecule has 0 aliphatic carbocycles. The van der Waals surface area contributed by atoms with Crippen molar-refractivity contribution in [1.82, 2.24) is 0 Å². The number of carboxylic acids is 1. The van der Waals surface area contributed by atoms with Crippen molar-refractivity contribution in [1.29, 1.82) is 0 Å². The summed E-state index contributed by atoms with van der Waals surface area (Å²) in [4.78, 5) is 10.1. The lowest BCUT2D eigenvalue weighted by atomic mass is 10.3. The molecule has 0 aromatic carbocycles. The summed E-state index contributed by atoms with van der Waals surface area (Å²) >= 11 is 0. The minimum atomic E-state index is -0.835. The van der Waals surface area contributed by atoms with E-state index >= 15 is 0 Å². The highest BCUT2D eigenvalue weighted by molar-refractivity contribution is 5.66. The summed E-state index contributed by atoms with van der Waals surface area (Å²) in [6.07, 6.45) is 7.33. The summed E-state index contributed by atoms with van der Waals surface area (Å²) in [6, 6.07) is 0. The number of carbonyl (C=O) groups is 1. The minimum absolute atomic E-state index is 0.0514. The highest BCUT2D eigenvalue weighted by atomic mass is 16.5. The average molecular weight is 196 g/mol. The molecular formula is C11H16O3. The molecule has 0 heterocycles. The predicted molar refractivity (Wildman–Crippen MR) is 56.2 cm³/mol. The molecular weight excluding hydrogens is 180 g/mol. The average Bonchev–Trinajstić information content (AvgIpc) is 2.13. The highest BCUT2D eigenvalue weighted by Crippen LogP contribution is 1.95. The van der Waals surface area contributed by atoms with Crippen LogP contribution in [0.5, 0.6) is 0 Å². The zero-order valence-corrected chi connectivity index (χ0v) is 8.40. The number of hydrogen-bond acceptors (Lipinski definition) is 2. The zero-order chi connectivity index (χ0) is 10.8. The standard InChI is InChI=1S/C11H16O3/c1-3-4-5-6-10(2)9-14-8-7-11(12)13/h3-6H,1,7-9H2,2H3,(H,12,13)/b5-4-,10-6-. The van der Waals surface area contributed by atoms with Crippen LogP contribution >= 0.6 is 0 Å². The quantitative estimate of drug-likeness (QED) is 0.501. The Morgan fingerprint density at radius 3 is 2.79 bits per heavy atom. The highest BCUT2D eigenvalue weighted by Gasteiger charge is 1.95. The van der Waals surface area contributed by atoms with Crippen molar-refractivity contribution < 1.29 is 14.6 Å². The van der Waals surface area contributed by atoms with Gasteiger partial charge in [0.15, 0.2) is 0 Å². The van der Waals surface area contributed by atoms with Crippen molar-refractivity contribution >= 4 is 5.97 Å². The predicted octanol–water partition coefficient (Wildman–Crippen LogP) is 2.17. The van der Waals surface area contributed by atoms with Gasteiger partial charge in [0.25, 0.3) is 0 Å². The van der Waals surface area contributed by atoms with Gasteiger partial charge in [-0.3, -0.25) is 4.79 Å². The molecule has 0 aromatic heterocycles. The smallest absolute Gasteiger partial charge is 0.305 e. The van der Waals surface area contributed by atoms with E-state index in [0.29, 0.717) is 6.61 Å². The Hall–Kier alpha value is -1.35. The Bertz CT molecular complexity index is 239. The largest absolute Gasteiger partial charge is 0.481 e. The van der Waals surface area contributed by atoms with Crippen molar-refractivity contribution in [2.24, 2.45) is 0 Å². The first kappa shape index (κ1) is 12.7. The first-order chi connectivity index (χ1) is 6.66. The molecule has 0 bridgehead atoms. The summed E-state index contributed by atoms with van der Waals surface area (Å²) in [6.45, 7) is 6.19. The summed E-state index contributed by atoms with van der Waals surface area (Å²) in [5.74, 6) is -0.835. The van der Waals surface area contributed by atoms with Crippen LogP contribution in [0.2, 0.25) is 0 Å². The van der Waals surface area contributed by atoms with Crippen LogP contribution < -0.4 is 0 Å². The van der Waals surface area contributed by atoms with Crippen LogP contribution in [0.1, 0.15) is 13.3 Å². The van der Waals surface area contributed by atoms with Gasteiger partial charge in [0, 0.05) is 0 Å². The van der Waals surface area contributed by atoms with Crippen molar-refractivity contribution in [3.8, 4) is 0 Å². The molecule has 14 heavy (non-hydrogen) atoms. The van der Waals surface area contributed by atoms with Crippen LogP contribution in [0, 0.1) is 0 Å². The van der Waals surface area contributed by atoms with Crippen molar-refractivity contribution in [3.63, 3.8) is 0 Å². The molecule has 0 aromatic rings. The van der Waals surface area contributed by atoms with Gasteiger partial charge in [0.05, 0.1) is 19.6 Å². The van der Waals surface area contributed by atoms with Gasteiger partial charge in [-0.2, -0.15) is 0 Å². The van der Waals surface area contributed by atoms with E-state index in [4.69, 9.17) is 9.84 Å². The Morgan fingerprint density at radius 1 is 1.50 bits per heavy atom. The lowest BCUT2D eigenvalue weighted by Gasteiger charge is -2.01. The van der Waals surface area contributed by atoms with Crippen molar-refractivity contribution in [3.05, 3.63) is 36.5 Å². The molecule has 0 rings (SSSR count). The minimum Gasteiger partial charge on any atom is -0.481 e. The maximum absolute atomic E-state index is 10.1. The lowest BCUT2D eigenvalue weighted by Crippen LogP contribution is -2.04. The first-order valence-electron chi connectivity index (χ1n) is 4.41. The molecule has 0 saturated carbocycles. The second-order valence-corrected chi connectivity index (χ2v) is 2.83. The van der Waals surface area contributed by atoms with Crippen LogP contribution in [0.25, 0.3) is 0 Å². The molecule has 0 spiro atoms. The summed E-state index contributed by atoms with van der Waals surface area (Å²) < 4.78 is 5.13. The monoisotopic (exact) mass is 196 g/mol. The second-order valence-electron chi connectivity index (χ2n) is 2.83. The van der Waals surface area contributed by atoms with Crippen LogP contribution in [-0.2, 0) is 9.53 Å². The third kappa shape index (κ3) is 8.74. The van der Waals surface area contributed by atoms with Gasteiger partial charge in [-0.25, -0.2) is 0 Å². The van der Waals surface area contributed by atoms with Crippen molar-refractivity contribution in [2.75, 3.05) is 13.2 Å². The third-order valence-electron chi connectivity index (χ3n) is 1.42. The van der Waals surface area contributed by atoms with E-state index in [1.165, 1.54) is 0 Å². The van der Waals surface area contributed by atoms with Gasteiger partial charge in [0.1, 0.15) is 0 Å². The van der Waals surface area contributed by atoms with Crippen LogP contribution in [0.3, 0.4) is 0 Å². The molecule has 0 radical (unpaired) electrons. The molecule has 1 N–H and O–H groups in total. The number of rotatable bonds is 7. The van der Waals surface area contributed by atoms with E-state index < -0.39 is 5.97 Å². The topological polar surface area (TPSA) is 46.5 Å². The third-order valence-corrected chi connectivity index (χ3v) is 1.42. The second kappa shape index (κ2) is 8.26. The summed E-state index contributed by atoms with van der Waals surface area (Å²) in [7, 11) is 0. The maximum atomic E-state index is 10.1. The van der Waals surface area contributed by atoms with Gasteiger partial charge in [-0.15, -0.1) is 0 Å².